The molecule has 1 aliphatic carbocycles. The van der Waals surface area contributed by atoms with E-state index in [1.54, 1.807) is 0 Å². The van der Waals surface area contributed by atoms with Crippen LogP contribution in [0, 0.1) is 11.3 Å². The molecule has 1 unspecified atom stereocenters. The van der Waals surface area contributed by atoms with Crippen LogP contribution in [0.1, 0.15) is 48.3 Å². The first-order valence-electron chi connectivity index (χ1n) is 12.2. The zero-order chi connectivity index (χ0) is 22.5. The second-order valence-electron chi connectivity index (χ2n) is 9.71. The molecular formula is C29H33N3O. The van der Waals surface area contributed by atoms with Crippen molar-refractivity contribution in [2.24, 2.45) is 11.3 Å². The quantitative estimate of drug-likeness (QED) is 0.536. The molecule has 1 atom stereocenters. The lowest BCUT2D eigenvalue weighted by molar-refractivity contribution is -0.123. The molecule has 33 heavy (non-hydrogen) atoms. The Labute approximate surface area is 197 Å². The fraction of sp³-hybridized carbons (Fsp3) is 0.379. The van der Waals surface area contributed by atoms with Crippen molar-refractivity contribution in [2.75, 3.05) is 19.6 Å². The molecule has 0 bridgehead atoms. The fourth-order valence-electron chi connectivity index (χ4n) is 5.54. The molecule has 1 saturated carbocycles. The van der Waals surface area contributed by atoms with Gasteiger partial charge in [-0.15, -0.1) is 0 Å². The van der Waals surface area contributed by atoms with Crippen molar-refractivity contribution in [3.63, 3.8) is 0 Å². The molecule has 3 aromatic rings. The number of carbonyl (C=O) groups excluding carboxylic acids is 1. The average Bonchev–Trinajstić information content (AvgIpc) is 3.58. The van der Waals surface area contributed by atoms with Gasteiger partial charge in [0.25, 0.3) is 0 Å². The Morgan fingerprint density at radius 1 is 0.970 bits per heavy atom. The van der Waals surface area contributed by atoms with Crippen LogP contribution in [-0.4, -0.2) is 35.4 Å². The molecule has 4 heteroatoms. The molecular weight excluding hydrogens is 406 g/mol. The van der Waals surface area contributed by atoms with Gasteiger partial charge in [0.2, 0.25) is 5.91 Å². The lowest BCUT2D eigenvalue weighted by Gasteiger charge is -2.32. The molecule has 2 heterocycles. The normalized spacial score (nSPS) is 19.5. The summed E-state index contributed by atoms with van der Waals surface area (Å²) in [5, 5.41) is 3.28. The van der Waals surface area contributed by atoms with Crippen LogP contribution in [0.4, 0.5) is 0 Å². The van der Waals surface area contributed by atoms with Gasteiger partial charge >= 0.3 is 0 Å². The highest BCUT2D eigenvalue weighted by Crippen LogP contribution is 2.59. The van der Waals surface area contributed by atoms with Gasteiger partial charge in [-0.25, -0.2) is 0 Å². The minimum absolute atomic E-state index is 0.199. The molecule has 4 nitrogen and oxygen atoms in total. The van der Waals surface area contributed by atoms with Crippen LogP contribution in [0.25, 0.3) is 0 Å². The number of aromatic nitrogens is 1. The first kappa shape index (κ1) is 21.8. The van der Waals surface area contributed by atoms with Crippen LogP contribution in [0.3, 0.4) is 0 Å². The summed E-state index contributed by atoms with van der Waals surface area (Å²) in [5.41, 5.74) is 4.13. The van der Waals surface area contributed by atoms with Gasteiger partial charge < -0.3 is 5.32 Å². The lowest BCUT2D eigenvalue weighted by atomic mass is 9.88. The fourth-order valence-corrected chi connectivity index (χ4v) is 5.54. The topological polar surface area (TPSA) is 45.2 Å². The van der Waals surface area contributed by atoms with Crippen molar-refractivity contribution < 1.29 is 4.79 Å². The molecule has 2 aromatic carbocycles. The first-order chi connectivity index (χ1) is 16.2. The van der Waals surface area contributed by atoms with Gasteiger partial charge in [0.05, 0.1) is 0 Å². The maximum Gasteiger partial charge on any atom is 0.223 e. The van der Waals surface area contributed by atoms with Crippen LogP contribution in [0.5, 0.6) is 0 Å². The summed E-state index contributed by atoms with van der Waals surface area (Å²) in [6.07, 6.45) is 8.00. The maximum atomic E-state index is 13.0. The van der Waals surface area contributed by atoms with Gasteiger partial charge in [0, 0.05) is 37.3 Å². The molecule has 1 N–H and O–H groups in total. The van der Waals surface area contributed by atoms with Crippen molar-refractivity contribution in [1.29, 1.82) is 0 Å². The minimum Gasteiger partial charge on any atom is -0.356 e. The van der Waals surface area contributed by atoms with Crippen molar-refractivity contribution in [1.82, 2.24) is 15.2 Å². The smallest absolute Gasteiger partial charge is 0.223 e. The molecule has 5 rings (SSSR count). The number of nitrogens with zero attached hydrogens (tertiary/aromatic N) is 2. The monoisotopic (exact) mass is 439 g/mol. The van der Waals surface area contributed by atoms with E-state index in [1.807, 2.05) is 18.5 Å². The third-order valence-electron chi connectivity index (χ3n) is 7.62. The summed E-state index contributed by atoms with van der Waals surface area (Å²) < 4.78 is 0. The Morgan fingerprint density at radius 3 is 2.24 bits per heavy atom. The number of likely N-dealkylation sites (tertiary alicyclic amines) is 1. The van der Waals surface area contributed by atoms with Gasteiger partial charge in [-0.05, 0) is 66.9 Å². The minimum atomic E-state index is 0.199. The van der Waals surface area contributed by atoms with E-state index in [9.17, 15) is 4.79 Å². The Hall–Kier alpha value is -2.98. The van der Waals surface area contributed by atoms with Crippen LogP contribution >= 0.6 is 0 Å². The highest BCUT2D eigenvalue weighted by molar-refractivity contribution is 5.82. The number of amides is 1. The third kappa shape index (κ3) is 5.17. The zero-order valence-electron chi connectivity index (χ0n) is 19.2. The number of nitrogens with one attached hydrogen (secondary N) is 1. The van der Waals surface area contributed by atoms with E-state index in [-0.39, 0.29) is 17.2 Å². The molecule has 1 amide bonds. The Bertz CT molecular complexity index is 991. The first-order valence-corrected chi connectivity index (χ1v) is 12.2. The summed E-state index contributed by atoms with van der Waals surface area (Å²) >= 11 is 0. The van der Waals surface area contributed by atoms with Gasteiger partial charge in [0.15, 0.2) is 0 Å². The summed E-state index contributed by atoms with van der Waals surface area (Å²) in [7, 11) is 0. The number of hydrogen-bond donors (Lipinski definition) is 1. The molecule has 2 aliphatic rings. The SMILES string of the molecule is O=C(NCCC(c1ccccc1)c1ccccc1)C1CC12CCN(Cc1cccnc1)CC2. The number of hydrogen-bond acceptors (Lipinski definition) is 3. The van der Waals surface area contributed by atoms with E-state index in [0.717, 1.165) is 45.3 Å². The van der Waals surface area contributed by atoms with Crippen LogP contribution in [0.15, 0.2) is 85.2 Å². The summed E-state index contributed by atoms with van der Waals surface area (Å²) in [6.45, 7) is 3.82. The van der Waals surface area contributed by atoms with Crippen molar-refractivity contribution >= 4 is 5.91 Å². The van der Waals surface area contributed by atoms with E-state index in [4.69, 9.17) is 0 Å². The molecule has 1 aliphatic heterocycles. The Kier molecular flexibility index (Phi) is 6.54. The van der Waals surface area contributed by atoms with Crippen molar-refractivity contribution in [2.45, 2.75) is 38.1 Å². The third-order valence-corrected chi connectivity index (χ3v) is 7.62. The second kappa shape index (κ2) is 9.88. The summed E-state index contributed by atoms with van der Waals surface area (Å²) in [6, 6.07) is 25.4. The van der Waals surface area contributed by atoms with E-state index < -0.39 is 0 Å². The lowest BCUT2D eigenvalue weighted by Crippen LogP contribution is -2.37. The molecule has 1 spiro atoms. The molecule has 1 saturated heterocycles. The maximum absolute atomic E-state index is 13.0. The van der Waals surface area contributed by atoms with Crippen LogP contribution < -0.4 is 5.32 Å². The van der Waals surface area contributed by atoms with Gasteiger partial charge in [-0.3, -0.25) is 14.7 Å². The van der Waals surface area contributed by atoms with Gasteiger partial charge in [-0.1, -0.05) is 66.7 Å². The number of rotatable bonds is 8. The van der Waals surface area contributed by atoms with E-state index in [2.05, 4.69) is 81.9 Å². The summed E-state index contributed by atoms with van der Waals surface area (Å²) in [4.78, 5) is 19.7. The molecule has 170 valence electrons. The van der Waals surface area contributed by atoms with E-state index >= 15 is 0 Å². The number of pyridine rings is 1. The van der Waals surface area contributed by atoms with Crippen molar-refractivity contribution in [3.05, 3.63) is 102 Å². The zero-order valence-corrected chi connectivity index (χ0v) is 19.2. The average molecular weight is 440 g/mol. The largest absolute Gasteiger partial charge is 0.356 e. The highest BCUT2D eigenvalue weighted by Gasteiger charge is 2.58. The van der Waals surface area contributed by atoms with E-state index in [0.29, 0.717) is 12.5 Å². The Balaban J connectivity index is 1.11. The van der Waals surface area contributed by atoms with Crippen molar-refractivity contribution in [3.8, 4) is 0 Å². The van der Waals surface area contributed by atoms with Gasteiger partial charge in [0.1, 0.15) is 0 Å². The second-order valence-corrected chi connectivity index (χ2v) is 9.71. The number of piperidine rings is 1. The summed E-state index contributed by atoms with van der Waals surface area (Å²) in [5.74, 6) is 0.761. The van der Waals surface area contributed by atoms with E-state index in [1.165, 1.54) is 16.7 Å². The molecule has 1 aromatic heterocycles. The molecule has 2 fully saturated rings. The standard InChI is InChI=1S/C29H33N3O/c33-28(27-20-29(27)14-18-32(19-15-29)22-23-8-7-16-30-21-23)31-17-13-26(24-9-3-1-4-10-24)25-11-5-2-6-12-25/h1-12,16,21,26-27H,13-15,17-20,22H2,(H,31,33). The molecule has 0 radical (unpaired) electrons. The number of carbonyl (C=O) groups is 1. The highest BCUT2D eigenvalue weighted by atomic mass is 16.2. The predicted molar refractivity (Wildman–Crippen MR) is 132 cm³/mol. The van der Waals surface area contributed by atoms with Gasteiger partial charge in [-0.2, -0.15) is 0 Å². The van der Waals surface area contributed by atoms with Crippen LogP contribution in [-0.2, 0) is 11.3 Å². The van der Waals surface area contributed by atoms with Crippen LogP contribution in [0.2, 0.25) is 0 Å². The number of benzene rings is 2. The predicted octanol–water partition coefficient (Wildman–Crippen LogP) is 5.02. The Morgan fingerprint density at radius 2 is 1.64 bits per heavy atom.